The van der Waals surface area contributed by atoms with Gasteiger partial charge in [-0.1, -0.05) is 29.5 Å². The number of amides is 1. The van der Waals surface area contributed by atoms with Gasteiger partial charge in [0.05, 0.1) is 13.2 Å². The second kappa shape index (κ2) is 9.63. The quantitative estimate of drug-likeness (QED) is 0.565. The van der Waals surface area contributed by atoms with E-state index in [1.807, 2.05) is 49.4 Å². The summed E-state index contributed by atoms with van der Waals surface area (Å²) in [4.78, 5) is 16.3. The number of nitrogens with zero attached hydrogens (tertiary/aromatic N) is 3. The molecule has 2 aromatic heterocycles. The van der Waals surface area contributed by atoms with Crippen LogP contribution in [0.4, 0.5) is 5.13 Å². The van der Waals surface area contributed by atoms with Crippen molar-refractivity contribution < 1.29 is 14.3 Å². The molecule has 0 aliphatic rings. The number of carbonyl (C=O) groups is 1. The van der Waals surface area contributed by atoms with Crippen molar-refractivity contribution in [1.29, 1.82) is 0 Å². The Hall–Kier alpha value is -3.00. The Kier molecular flexibility index (Phi) is 6.70. The minimum Gasteiger partial charge on any atom is -0.490 e. The van der Waals surface area contributed by atoms with Crippen molar-refractivity contribution >= 4 is 22.4 Å². The molecule has 2 heterocycles. The first-order valence-corrected chi connectivity index (χ1v) is 9.47. The third-order valence-corrected chi connectivity index (χ3v) is 4.37. The number of ether oxygens (including phenoxy) is 2. The van der Waals surface area contributed by atoms with Crippen LogP contribution < -0.4 is 14.8 Å². The van der Waals surface area contributed by atoms with Crippen LogP contribution in [0.3, 0.4) is 0 Å². The largest absolute Gasteiger partial charge is 0.490 e. The number of benzene rings is 1. The number of carbonyl (C=O) groups excluding carboxylic acids is 1. The van der Waals surface area contributed by atoms with Crippen LogP contribution in [0.15, 0.2) is 48.7 Å². The van der Waals surface area contributed by atoms with Crippen molar-refractivity contribution in [3.63, 3.8) is 0 Å². The third kappa shape index (κ3) is 5.49. The highest BCUT2D eigenvalue weighted by atomic mass is 32.1. The molecule has 7 nitrogen and oxygen atoms in total. The van der Waals surface area contributed by atoms with Gasteiger partial charge in [0.1, 0.15) is 5.69 Å². The van der Waals surface area contributed by atoms with E-state index in [1.165, 1.54) is 11.3 Å². The molecule has 0 spiro atoms. The van der Waals surface area contributed by atoms with Crippen LogP contribution in [-0.2, 0) is 4.79 Å². The number of anilines is 1. The lowest BCUT2D eigenvalue weighted by atomic mass is 10.3. The summed E-state index contributed by atoms with van der Waals surface area (Å²) in [5, 5.41) is 11.9. The topological polar surface area (TPSA) is 86.2 Å². The highest BCUT2D eigenvalue weighted by molar-refractivity contribution is 7.18. The Labute approximate surface area is 161 Å². The summed E-state index contributed by atoms with van der Waals surface area (Å²) in [6.07, 6.45) is 2.60. The molecule has 3 aromatic rings. The van der Waals surface area contributed by atoms with Gasteiger partial charge in [-0.15, -0.1) is 10.2 Å². The van der Waals surface area contributed by atoms with E-state index in [0.717, 1.165) is 5.69 Å². The molecule has 0 fully saturated rings. The van der Waals surface area contributed by atoms with E-state index < -0.39 is 0 Å². The third-order valence-electron chi connectivity index (χ3n) is 3.51. The molecule has 27 heavy (non-hydrogen) atoms. The van der Waals surface area contributed by atoms with Crippen LogP contribution in [0.1, 0.15) is 19.8 Å². The molecule has 0 bridgehead atoms. The van der Waals surface area contributed by atoms with E-state index >= 15 is 0 Å². The zero-order valence-corrected chi connectivity index (χ0v) is 15.7. The maximum absolute atomic E-state index is 12.1. The molecule has 0 aliphatic heterocycles. The number of hydrogen-bond donors (Lipinski definition) is 1. The second-order valence-corrected chi connectivity index (χ2v) is 6.48. The normalized spacial score (nSPS) is 10.4. The van der Waals surface area contributed by atoms with E-state index in [-0.39, 0.29) is 5.91 Å². The fraction of sp³-hybridized carbons (Fsp3) is 0.263. The highest BCUT2D eigenvalue weighted by Gasteiger charge is 2.10. The Morgan fingerprint density at radius 3 is 2.59 bits per heavy atom. The predicted octanol–water partition coefficient (Wildman–Crippen LogP) is 3.80. The second-order valence-electron chi connectivity index (χ2n) is 5.51. The van der Waals surface area contributed by atoms with Gasteiger partial charge in [0.2, 0.25) is 11.0 Å². The van der Waals surface area contributed by atoms with E-state index in [1.54, 1.807) is 6.20 Å². The van der Waals surface area contributed by atoms with Crippen molar-refractivity contribution in [2.24, 2.45) is 0 Å². The van der Waals surface area contributed by atoms with Gasteiger partial charge in [-0.05, 0) is 37.6 Å². The number of pyridine rings is 1. The lowest BCUT2D eigenvalue weighted by molar-refractivity contribution is -0.116. The Morgan fingerprint density at radius 2 is 1.85 bits per heavy atom. The van der Waals surface area contributed by atoms with Gasteiger partial charge >= 0.3 is 0 Å². The summed E-state index contributed by atoms with van der Waals surface area (Å²) in [7, 11) is 0. The minimum atomic E-state index is -0.125. The number of aromatic nitrogens is 3. The maximum Gasteiger partial charge on any atom is 0.226 e. The van der Waals surface area contributed by atoms with Crippen LogP contribution in [-0.4, -0.2) is 34.3 Å². The standard InChI is InChI=1S/C19H20N4O3S/c1-2-25-15-9-3-4-10-16(15)26-13-7-11-17(24)21-19-23-22-18(27-19)14-8-5-6-12-20-14/h3-6,8-10,12H,2,7,11,13H2,1H3,(H,21,23,24). The van der Waals surface area contributed by atoms with Crippen molar-refractivity contribution in [2.75, 3.05) is 18.5 Å². The summed E-state index contributed by atoms with van der Waals surface area (Å²) >= 11 is 1.29. The molecule has 1 aromatic carbocycles. The van der Waals surface area contributed by atoms with Gasteiger partial charge in [-0.3, -0.25) is 9.78 Å². The van der Waals surface area contributed by atoms with Crippen LogP contribution in [0.2, 0.25) is 0 Å². The first-order chi connectivity index (χ1) is 13.3. The molecule has 8 heteroatoms. The zero-order chi connectivity index (χ0) is 18.9. The first kappa shape index (κ1) is 18.8. The molecule has 1 amide bonds. The lowest BCUT2D eigenvalue weighted by Gasteiger charge is -2.11. The molecule has 0 saturated heterocycles. The van der Waals surface area contributed by atoms with Crippen molar-refractivity contribution in [3.8, 4) is 22.2 Å². The molecule has 140 valence electrons. The van der Waals surface area contributed by atoms with Crippen LogP contribution in [0, 0.1) is 0 Å². The van der Waals surface area contributed by atoms with Crippen molar-refractivity contribution in [3.05, 3.63) is 48.7 Å². The summed E-state index contributed by atoms with van der Waals surface area (Å²) in [6, 6.07) is 13.1. The number of rotatable bonds is 9. The molecule has 1 N–H and O–H groups in total. The Bertz CT molecular complexity index is 870. The van der Waals surface area contributed by atoms with Gasteiger partial charge < -0.3 is 14.8 Å². The number of nitrogens with one attached hydrogen (secondary N) is 1. The minimum absolute atomic E-state index is 0.125. The van der Waals surface area contributed by atoms with Crippen molar-refractivity contribution in [2.45, 2.75) is 19.8 Å². The smallest absolute Gasteiger partial charge is 0.226 e. The fourth-order valence-electron chi connectivity index (χ4n) is 2.31. The zero-order valence-electron chi connectivity index (χ0n) is 14.9. The average molecular weight is 384 g/mol. The number of para-hydroxylation sites is 2. The molecule has 0 radical (unpaired) electrons. The monoisotopic (exact) mass is 384 g/mol. The van der Waals surface area contributed by atoms with Gasteiger partial charge in [0.15, 0.2) is 16.5 Å². The summed E-state index contributed by atoms with van der Waals surface area (Å²) in [5.41, 5.74) is 0.733. The summed E-state index contributed by atoms with van der Waals surface area (Å²) in [6.45, 7) is 2.92. The molecule has 0 unspecified atom stereocenters. The Balaban J connectivity index is 1.44. The molecule has 0 atom stereocenters. The average Bonchev–Trinajstić information content (AvgIpc) is 3.16. The van der Waals surface area contributed by atoms with Gasteiger partial charge in [0, 0.05) is 12.6 Å². The first-order valence-electron chi connectivity index (χ1n) is 8.65. The van der Waals surface area contributed by atoms with Crippen LogP contribution in [0.25, 0.3) is 10.7 Å². The summed E-state index contributed by atoms with van der Waals surface area (Å²) < 4.78 is 11.2. The molecule has 0 aliphatic carbocycles. The highest BCUT2D eigenvalue weighted by Crippen LogP contribution is 2.27. The fourth-order valence-corrected chi connectivity index (χ4v) is 3.04. The van der Waals surface area contributed by atoms with Gasteiger partial charge in [-0.2, -0.15) is 0 Å². The van der Waals surface area contributed by atoms with E-state index in [2.05, 4.69) is 20.5 Å². The van der Waals surface area contributed by atoms with Gasteiger partial charge in [0.25, 0.3) is 0 Å². The van der Waals surface area contributed by atoms with Crippen molar-refractivity contribution in [1.82, 2.24) is 15.2 Å². The molecular weight excluding hydrogens is 364 g/mol. The molecule has 3 rings (SSSR count). The van der Waals surface area contributed by atoms with Crippen LogP contribution >= 0.6 is 11.3 Å². The molecular formula is C19H20N4O3S. The van der Waals surface area contributed by atoms with Gasteiger partial charge in [-0.25, -0.2) is 0 Å². The number of hydrogen-bond acceptors (Lipinski definition) is 7. The maximum atomic E-state index is 12.1. The van der Waals surface area contributed by atoms with Crippen LogP contribution in [0.5, 0.6) is 11.5 Å². The lowest BCUT2D eigenvalue weighted by Crippen LogP contribution is -2.12. The van der Waals surface area contributed by atoms with E-state index in [4.69, 9.17) is 9.47 Å². The predicted molar refractivity (Wildman–Crippen MR) is 104 cm³/mol. The Morgan fingerprint density at radius 1 is 1.07 bits per heavy atom. The summed E-state index contributed by atoms with van der Waals surface area (Å²) in [5.74, 6) is 1.27. The van der Waals surface area contributed by atoms with E-state index in [0.29, 0.717) is 47.7 Å². The SMILES string of the molecule is CCOc1ccccc1OCCCC(=O)Nc1nnc(-c2ccccn2)s1. The van der Waals surface area contributed by atoms with E-state index in [9.17, 15) is 4.79 Å². The molecule has 0 saturated carbocycles.